The molecule has 0 heterocycles. The van der Waals surface area contributed by atoms with Crippen molar-refractivity contribution in [2.45, 2.75) is 51.2 Å². The maximum Gasteiger partial charge on any atom is 0.119 e. The van der Waals surface area contributed by atoms with Crippen LogP contribution in [-0.2, 0) is 6.42 Å². The van der Waals surface area contributed by atoms with Crippen molar-refractivity contribution < 1.29 is 4.74 Å². The third-order valence-electron chi connectivity index (χ3n) is 3.64. The smallest absolute Gasteiger partial charge is 0.119 e. The van der Waals surface area contributed by atoms with Crippen LogP contribution < -0.4 is 10.1 Å². The van der Waals surface area contributed by atoms with Gasteiger partial charge >= 0.3 is 0 Å². The minimum atomic E-state index is 0.495. The lowest BCUT2D eigenvalue weighted by Crippen LogP contribution is -2.24. The molecule has 2 aliphatic rings. The summed E-state index contributed by atoms with van der Waals surface area (Å²) in [5.41, 5.74) is 1.40. The van der Waals surface area contributed by atoms with Gasteiger partial charge in [-0.1, -0.05) is 19.1 Å². The third kappa shape index (κ3) is 3.74. The molecule has 0 spiro atoms. The van der Waals surface area contributed by atoms with Gasteiger partial charge in [-0.05, 0) is 62.3 Å². The Bertz CT molecular complexity index is 396. The zero-order chi connectivity index (χ0) is 12.4. The van der Waals surface area contributed by atoms with Crippen LogP contribution in [0.5, 0.6) is 5.75 Å². The van der Waals surface area contributed by atoms with Crippen LogP contribution in [0, 0.1) is 5.92 Å². The lowest BCUT2D eigenvalue weighted by atomic mass is 10.0. The summed E-state index contributed by atoms with van der Waals surface area (Å²) in [5, 5.41) is 3.60. The largest absolute Gasteiger partial charge is 0.490 e. The zero-order valence-electron chi connectivity index (χ0n) is 11.2. The average molecular weight is 245 g/mol. The summed E-state index contributed by atoms with van der Waals surface area (Å²) < 4.78 is 5.84. The monoisotopic (exact) mass is 245 g/mol. The van der Waals surface area contributed by atoms with Crippen molar-refractivity contribution in [2.75, 3.05) is 6.54 Å². The fourth-order valence-corrected chi connectivity index (χ4v) is 2.25. The lowest BCUT2D eigenvalue weighted by molar-refractivity contribution is 0.303. The van der Waals surface area contributed by atoms with Crippen LogP contribution in [0.4, 0.5) is 0 Å². The van der Waals surface area contributed by atoms with Crippen molar-refractivity contribution in [1.29, 1.82) is 0 Å². The lowest BCUT2D eigenvalue weighted by Gasteiger charge is -2.13. The van der Waals surface area contributed by atoms with E-state index >= 15 is 0 Å². The topological polar surface area (TPSA) is 21.3 Å². The van der Waals surface area contributed by atoms with Crippen molar-refractivity contribution in [1.82, 2.24) is 5.32 Å². The highest BCUT2D eigenvalue weighted by Gasteiger charge is 2.23. The second-order valence-corrected chi connectivity index (χ2v) is 5.96. The van der Waals surface area contributed by atoms with E-state index in [-0.39, 0.29) is 0 Å². The van der Waals surface area contributed by atoms with E-state index in [1.165, 1.54) is 31.2 Å². The highest BCUT2D eigenvalue weighted by Crippen LogP contribution is 2.27. The molecular weight excluding hydrogens is 222 g/mol. The van der Waals surface area contributed by atoms with Crippen LogP contribution in [0.2, 0.25) is 0 Å². The van der Waals surface area contributed by atoms with Gasteiger partial charge in [-0.25, -0.2) is 0 Å². The van der Waals surface area contributed by atoms with Gasteiger partial charge in [0.1, 0.15) is 5.75 Å². The predicted octanol–water partition coefficient (Wildman–Crippen LogP) is 3.16. The molecule has 0 amide bonds. The molecule has 1 unspecified atom stereocenters. The highest BCUT2D eigenvalue weighted by molar-refractivity contribution is 5.29. The first-order valence-electron chi connectivity index (χ1n) is 7.28. The normalized spacial score (nSPS) is 20.7. The summed E-state index contributed by atoms with van der Waals surface area (Å²) in [5.74, 6) is 1.75. The molecule has 0 aliphatic heterocycles. The Morgan fingerprint density at radius 1 is 1.28 bits per heavy atom. The fourth-order valence-electron chi connectivity index (χ4n) is 2.25. The molecule has 2 aliphatic carbocycles. The van der Waals surface area contributed by atoms with Gasteiger partial charge < -0.3 is 10.1 Å². The molecular formula is C16H23NO. The molecule has 3 rings (SSSR count). The Kier molecular flexibility index (Phi) is 3.55. The van der Waals surface area contributed by atoms with Crippen molar-refractivity contribution in [3.8, 4) is 5.75 Å². The molecule has 0 saturated heterocycles. The maximum absolute atomic E-state index is 5.84. The molecule has 0 bridgehead atoms. The van der Waals surface area contributed by atoms with Crippen LogP contribution >= 0.6 is 0 Å². The maximum atomic E-state index is 5.84. The number of ether oxygens (including phenoxy) is 1. The van der Waals surface area contributed by atoms with Gasteiger partial charge in [0.15, 0.2) is 0 Å². The minimum absolute atomic E-state index is 0.495. The van der Waals surface area contributed by atoms with E-state index in [0.717, 1.165) is 24.8 Å². The van der Waals surface area contributed by atoms with Crippen LogP contribution in [0.1, 0.15) is 38.2 Å². The van der Waals surface area contributed by atoms with Gasteiger partial charge in [0.05, 0.1) is 6.10 Å². The number of hydrogen-bond acceptors (Lipinski definition) is 2. The Morgan fingerprint density at radius 3 is 2.83 bits per heavy atom. The van der Waals surface area contributed by atoms with Gasteiger partial charge in [0.2, 0.25) is 0 Å². The standard InChI is InChI=1S/C16H23NO/c1-12(11-17-14-5-6-14)9-13-3-2-4-16(10-13)18-15-7-8-15/h2-4,10,12,14-15,17H,5-9,11H2,1H3. The van der Waals surface area contributed by atoms with Crippen LogP contribution in [0.15, 0.2) is 24.3 Å². The third-order valence-corrected chi connectivity index (χ3v) is 3.64. The van der Waals surface area contributed by atoms with E-state index in [4.69, 9.17) is 4.74 Å². The summed E-state index contributed by atoms with van der Waals surface area (Å²) in [7, 11) is 0. The second kappa shape index (κ2) is 5.31. The summed E-state index contributed by atoms with van der Waals surface area (Å²) in [6.45, 7) is 3.46. The van der Waals surface area contributed by atoms with Crippen molar-refractivity contribution in [3.63, 3.8) is 0 Å². The van der Waals surface area contributed by atoms with Crippen molar-refractivity contribution >= 4 is 0 Å². The van der Waals surface area contributed by atoms with Gasteiger partial charge in [-0.3, -0.25) is 0 Å². The number of hydrogen-bond donors (Lipinski definition) is 1. The van der Waals surface area contributed by atoms with E-state index in [9.17, 15) is 0 Å². The average Bonchev–Trinajstić information content (AvgIpc) is 3.22. The molecule has 2 nitrogen and oxygen atoms in total. The molecule has 2 heteroatoms. The molecule has 98 valence electrons. The van der Waals surface area contributed by atoms with Crippen LogP contribution in [0.3, 0.4) is 0 Å². The molecule has 0 aromatic heterocycles. The van der Waals surface area contributed by atoms with Gasteiger partial charge in [0.25, 0.3) is 0 Å². The first-order chi connectivity index (χ1) is 8.79. The second-order valence-electron chi connectivity index (χ2n) is 5.96. The molecule has 1 atom stereocenters. The predicted molar refractivity (Wildman–Crippen MR) is 74.0 cm³/mol. The first kappa shape index (κ1) is 12.0. The number of nitrogens with one attached hydrogen (secondary N) is 1. The molecule has 1 aromatic carbocycles. The molecule has 18 heavy (non-hydrogen) atoms. The van der Waals surface area contributed by atoms with E-state index in [1.807, 2.05) is 0 Å². The summed E-state index contributed by atoms with van der Waals surface area (Å²) in [6, 6.07) is 9.44. The quantitative estimate of drug-likeness (QED) is 0.796. The van der Waals surface area contributed by atoms with E-state index in [2.05, 4.69) is 36.5 Å². The van der Waals surface area contributed by atoms with Crippen molar-refractivity contribution in [2.24, 2.45) is 5.92 Å². The molecule has 1 N–H and O–H groups in total. The van der Waals surface area contributed by atoms with E-state index < -0.39 is 0 Å². The number of rotatable bonds is 7. The minimum Gasteiger partial charge on any atom is -0.490 e. The molecule has 1 aromatic rings. The summed E-state index contributed by atoms with van der Waals surface area (Å²) >= 11 is 0. The molecule has 2 fully saturated rings. The Balaban J connectivity index is 1.50. The van der Waals surface area contributed by atoms with Gasteiger partial charge in [-0.2, -0.15) is 0 Å². The summed E-state index contributed by atoms with van der Waals surface area (Å²) in [6.07, 6.45) is 6.84. The van der Waals surface area contributed by atoms with Crippen molar-refractivity contribution in [3.05, 3.63) is 29.8 Å². The Hall–Kier alpha value is -1.02. The van der Waals surface area contributed by atoms with Crippen LogP contribution in [0.25, 0.3) is 0 Å². The molecule has 0 radical (unpaired) electrons. The van der Waals surface area contributed by atoms with Gasteiger partial charge in [0, 0.05) is 6.04 Å². The highest BCUT2D eigenvalue weighted by atomic mass is 16.5. The van der Waals surface area contributed by atoms with E-state index in [1.54, 1.807) is 0 Å². The van der Waals surface area contributed by atoms with Gasteiger partial charge in [-0.15, -0.1) is 0 Å². The molecule has 2 saturated carbocycles. The zero-order valence-corrected chi connectivity index (χ0v) is 11.2. The number of benzene rings is 1. The fraction of sp³-hybridized carbons (Fsp3) is 0.625. The van der Waals surface area contributed by atoms with E-state index in [0.29, 0.717) is 12.0 Å². The Labute approximate surface area is 110 Å². The summed E-state index contributed by atoms with van der Waals surface area (Å²) in [4.78, 5) is 0. The first-order valence-corrected chi connectivity index (χ1v) is 7.28. The van der Waals surface area contributed by atoms with Crippen LogP contribution in [-0.4, -0.2) is 18.7 Å². The Morgan fingerprint density at radius 2 is 2.11 bits per heavy atom. The SMILES string of the molecule is CC(CNC1CC1)Cc1cccc(OC2CC2)c1.